The molecule has 1 fully saturated rings. The van der Waals surface area contributed by atoms with Crippen LogP contribution in [0.2, 0.25) is 0 Å². The predicted molar refractivity (Wildman–Crippen MR) is 130 cm³/mol. The van der Waals surface area contributed by atoms with Crippen molar-refractivity contribution in [1.29, 1.82) is 0 Å². The van der Waals surface area contributed by atoms with Gasteiger partial charge in [-0.25, -0.2) is 8.42 Å². The smallest absolute Gasteiger partial charge is 0.243 e. The molecule has 34 heavy (non-hydrogen) atoms. The Morgan fingerprint density at radius 1 is 0.971 bits per heavy atom. The third kappa shape index (κ3) is 5.13. The second kappa shape index (κ2) is 9.95. The number of hydrogen-bond acceptors (Lipinski definition) is 5. The summed E-state index contributed by atoms with van der Waals surface area (Å²) >= 11 is 0. The average Bonchev–Trinajstić information content (AvgIpc) is 2.86. The Labute approximate surface area is 199 Å². The lowest BCUT2D eigenvalue weighted by Crippen LogP contribution is -2.42. The maximum absolute atomic E-state index is 12.9. The van der Waals surface area contributed by atoms with Gasteiger partial charge < -0.3 is 10.1 Å². The van der Waals surface area contributed by atoms with E-state index in [1.165, 1.54) is 35.5 Å². The van der Waals surface area contributed by atoms with Crippen molar-refractivity contribution < 1.29 is 22.7 Å². The second-order valence-electron chi connectivity index (χ2n) is 8.52. The van der Waals surface area contributed by atoms with Gasteiger partial charge in [0.05, 0.1) is 12.0 Å². The summed E-state index contributed by atoms with van der Waals surface area (Å²) in [5.41, 5.74) is 1.47. The number of rotatable bonds is 7. The van der Waals surface area contributed by atoms with E-state index in [9.17, 15) is 18.0 Å². The van der Waals surface area contributed by atoms with Crippen LogP contribution in [0.1, 0.15) is 35.7 Å². The molecule has 0 aromatic heterocycles. The highest BCUT2D eigenvalue weighted by Crippen LogP contribution is 2.25. The lowest BCUT2D eigenvalue weighted by atomic mass is 9.97. The number of amides is 1. The molecule has 0 unspecified atom stereocenters. The fourth-order valence-corrected chi connectivity index (χ4v) is 5.68. The zero-order valence-corrected chi connectivity index (χ0v) is 20.1. The van der Waals surface area contributed by atoms with Crippen LogP contribution in [0.25, 0.3) is 10.8 Å². The number of ketones is 1. The van der Waals surface area contributed by atoms with Crippen LogP contribution in [0.4, 0.5) is 0 Å². The molecule has 0 atom stereocenters. The number of benzene rings is 3. The van der Waals surface area contributed by atoms with Gasteiger partial charge in [-0.1, -0.05) is 30.3 Å². The van der Waals surface area contributed by atoms with Crippen LogP contribution in [0.3, 0.4) is 0 Å². The van der Waals surface area contributed by atoms with Crippen molar-refractivity contribution in [3.63, 3.8) is 0 Å². The lowest BCUT2D eigenvalue weighted by Gasteiger charge is -2.30. The van der Waals surface area contributed by atoms with Crippen molar-refractivity contribution in [2.45, 2.75) is 31.2 Å². The fraction of sp³-hybridized carbons (Fsp3) is 0.308. The van der Waals surface area contributed by atoms with Crippen molar-refractivity contribution in [1.82, 2.24) is 9.62 Å². The first kappa shape index (κ1) is 23.9. The first-order valence-corrected chi connectivity index (χ1v) is 12.7. The second-order valence-corrected chi connectivity index (χ2v) is 10.5. The molecule has 8 heteroatoms. The minimum absolute atomic E-state index is 0.0577. The molecule has 1 aliphatic rings. The van der Waals surface area contributed by atoms with E-state index in [2.05, 4.69) is 5.32 Å². The third-order valence-electron chi connectivity index (χ3n) is 6.30. The Morgan fingerprint density at radius 2 is 1.62 bits per heavy atom. The molecule has 1 amide bonds. The highest BCUT2D eigenvalue weighted by molar-refractivity contribution is 7.89. The Bertz CT molecular complexity index is 1310. The highest BCUT2D eigenvalue weighted by Gasteiger charge is 2.32. The molecule has 1 heterocycles. The van der Waals surface area contributed by atoms with Gasteiger partial charge in [-0.05, 0) is 66.4 Å². The molecule has 0 spiro atoms. The number of carbonyl (C=O) groups is 2. The maximum Gasteiger partial charge on any atom is 0.243 e. The molecule has 1 saturated heterocycles. The molecule has 0 aliphatic carbocycles. The maximum atomic E-state index is 12.9. The molecule has 3 aromatic rings. The average molecular weight is 481 g/mol. The molecule has 4 rings (SSSR count). The summed E-state index contributed by atoms with van der Waals surface area (Å²) in [6.45, 7) is 2.43. The van der Waals surface area contributed by atoms with Crippen LogP contribution < -0.4 is 10.1 Å². The molecule has 178 valence electrons. The number of methoxy groups -OCH3 is 1. The summed E-state index contributed by atoms with van der Waals surface area (Å²) in [5.74, 6) is 0.406. The summed E-state index contributed by atoms with van der Waals surface area (Å²) in [6, 6.07) is 17.9. The van der Waals surface area contributed by atoms with Crippen LogP contribution in [-0.4, -0.2) is 44.6 Å². The molecule has 1 N–H and O–H groups in total. The fourth-order valence-electron chi connectivity index (χ4n) is 4.21. The number of fused-ring (bicyclic) bond motifs is 1. The SMILES string of the molecule is COc1ccc2cc(CNC(=O)C3CCN(S(=O)(=O)c4ccc(C(C)=O)cc4)CC3)ccc2c1. The Morgan fingerprint density at radius 3 is 2.26 bits per heavy atom. The van der Waals surface area contributed by atoms with Crippen LogP contribution >= 0.6 is 0 Å². The zero-order chi connectivity index (χ0) is 24.3. The van der Waals surface area contributed by atoms with Gasteiger partial charge in [-0.3, -0.25) is 9.59 Å². The Kier molecular flexibility index (Phi) is 7.00. The Balaban J connectivity index is 1.32. The molecule has 0 bridgehead atoms. The van der Waals surface area contributed by atoms with E-state index in [-0.39, 0.29) is 35.6 Å². The molecule has 3 aromatic carbocycles. The van der Waals surface area contributed by atoms with Crippen LogP contribution in [0.5, 0.6) is 5.75 Å². The molecular weight excluding hydrogens is 452 g/mol. The van der Waals surface area contributed by atoms with Crippen LogP contribution in [-0.2, 0) is 21.4 Å². The number of hydrogen-bond donors (Lipinski definition) is 1. The summed E-state index contributed by atoms with van der Waals surface area (Å²) < 4.78 is 32.5. The van der Waals surface area contributed by atoms with Crippen molar-refractivity contribution in [2.75, 3.05) is 20.2 Å². The standard InChI is InChI=1S/C26H28N2O5S/c1-18(29)20-6-9-25(10-7-20)34(31,32)28-13-11-21(12-14-28)26(30)27-17-19-3-4-23-16-24(33-2)8-5-22(23)15-19/h3-10,15-16,21H,11-14,17H2,1-2H3,(H,27,30). The highest BCUT2D eigenvalue weighted by atomic mass is 32.2. The number of nitrogens with one attached hydrogen (secondary N) is 1. The normalized spacial score (nSPS) is 15.2. The molecule has 7 nitrogen and oxygen atoms in total. The summed E-state index contributed by atoms with van der Waals surface area (Å²) in [4.78, 5) is 24.3. The number of carbonyl (C=O) groups excluding carboxylic acids is 2. The number of ether oxygens (including phenoxy) is 1. The van der Waals surface area contributed by atoms with E-state index in [4.69, 9.17) is 4.74 Å². The third-order valence-corrected chi connectivity index (χ3v) is 8.21. The van der Waals surface area contributed by atoms with E-state index in [0.29, 0.717) is 24.9 Å². The number of sulfonamides is 1. The van der Waals surface area contributed by atoms with E-state index in [0.717, 1.165) is 22.1 Å². The quantitative estimate of drug-likeness (QED) is 0.520. The summed E-state index contributed by atoms with van der Waals surface area (Å²) in [5, 5.41) is 5.13. The van der Waals surface area contributed by atoms with E-state index in [1.807, 2.05) is 36.4 Å². The van der Waals surface area contributed by atoms with Crippen LogP contribution in [0, 0.1) is 5.92 Å². The van der Waals surface area contributed by atoms with Gasteiger partial charge in [-0.15, -0.1) is 0 Å². The first-order chi connectivity index (χ1) is 16.3. The number of piperidine rings is 1. The van der Waals surface area contributed by atoms with Gasteiger partial charge in [0.1, 0.15) is 5.75 Å². The van der Waals surface area contributed by atoms with Gasteiger partial charge in [0.25, 0.3) is 0 Å². The van der Waals surface area contributed by atoms with Crippen molar-refractivity contribution in [2.24, 2.45) is 5.92 Å². The number of nitrogens with zero attached hydrogens (tertiary/aromatic N) is 1. The lowest BCUT2D eigenvalue weighted by molar-refractivity contribution is -0.126. The van der Waals surface area contributed by atoms with Gasteiger partial charge in [0, 0.05) is 31.1 Å². The first-order valence-electron chi connectivity index (χ1n) is 11.2. The van der Waals surface area contributed by atoms with Crippen molar-refractivity contribution in [3.05, 3.63) is 71.8 Å². The van der Waals surface area contributed by atoms with E-state index in [1.54, 1.807) is 7.11 Å². The van der Waals surface area contributed by atoms with Gasteiger partial charge in [-0.2, -0.15) is 4.31 Å². The van der Waals surface area contributed by atoms with Crippen molar-refractivity contribution >= 4 is 32.5 Å². The largest absolute Gasteiger partial charge is 0.497 e. The summed E-state index contributed by atoms with van der Waals surface area (Å²) in [6.07, 6.45) is 0.933. The minimum Gasteiger partial charge on any atom is -0.497 e. The molecule has 0 saturated carbocycles. The minimum atomic E-state index is -3.65. The van der Waals surface area contributed by atoms with Crippen LogP contribution in [0.15, 0.2) is 65.6 Å². The van der Waals surface area contributed by atoms with Gasteiger partial charge >= 0.3 is 0 Å². The summed E-state index contributed by atoms with van der Waals surface area (Å²) in [7, 11) is -2.02. The van der Waals surface area contributed by atoms with Gasteiger partial charge in [0.2, 0.25) is 15.9 Å². The Hall–Kier alpha value is -3.23. The molecule has 1 aliphatic heterocycles. The number of Topliss-reactive ketones (excluding diaryl/α,β-unsaturated/α-hetero) is 1. The molecular formula is C26H28N2O5S. The molecule has 0 radical (unpaired) electrons. The van der Waals surface area contributed by atoms with E-state index >= 15 is 0 Å². The monoisotopic (exact) mass is 480 g/mol. The van der Waals surface area contributed by atoms with Crippen molar-refractivity contribution in [3.8, 4) is 5.75 Å². The zero-order valence-electron chi connectivity index (χ0n) is 19.3. The van der Waals surface area contributed by atoms with E-state index < -0.39 is 10.0 Å². The topological polar surface area (TPSA) is 92.8 Å². The predicted octanol–water partition coefficient (Wildman–Crippen LogP) is 3.77. The van der Waals surface area contributed by atoms with Gasteiger partial charge in [0.15, 0.2) is 5.78 Å².